The molecule has 0 aliphatic rings. The average molecular weight is 290 g/mol. The van der Waals surface area contributed by atoms with Gasteiger partial charge in [-0.3, -0.25) is 9.47 Å². The van der Waals surface area contributed by atoms with Crippen molar-refractivity contribution in [3.05, 3.63) is 35.4 Å². The van der Waals surface area contributed by atoms with Crippen molar-refractivity contribution in [3.63, 3.8) is 0 Å². The maximum Gasteiger partial charge on any atom is 0.485 e. The zero-order valence-corrected chi connectivity index (χ0v) is 12.1. The van der Waals surface area contributed by atoms with E-state index in [0.717, 1.165) is 12.7 Å². The molecule has 1 aromatic carbocycles. The number of hydrogen-bond donors (Lipinski definition) is 0. The minimum Gasteiger partial charge on any atom is -0.354 e. The van der Waals surface area contributed by atoms with Crippen LogP contribution in [0.3, 0.4) is 0 Å². The monoisotopic (exact) mass is 290 g/mol. The Hall–Kier alpha value is -1.08. The van der Waals surface area contributed by atoms with E-state index in [1.807, 2.05) is 0 Å². The zero-order valence-electron chi connectivity index (χ0n) is 12.1. The first-order valence-electron chi connectivity index (χ1n) is 6.12. The summed E-state index contributed by atoms with van der Waals surface area (Å²) < 4.78 is 44.9. The molecule has 1 rings (SSSR count). The molecule has 0 fully saturated rings. The van der Waals surface area contributed by atoms with Gasteiger partial charge in [0, 0.05) is 14.2 Å². The van der Waals surface area contributed by atoms with Crippen LogP contribution in [-0.2, 0) is 32.2 Å². The molecule has 1 aromatic rings. The van der Waals surface area contributed by atoms with Crippen LogP contribution >= 0.6 is 0 Å². The quantitative estimate of drug-likeness (QED) is 0.688. The standard InChI is InChI=1S/C14H20F2O4/c1-13(2,17-3)19-9-11-7-5-6-8-12(11)10-20-14(15,16)18-4/h5-8H,9-10H2,1-4H3. The van der Waals surface area contributed by atoms with E-state index in [-0.39, 0.29) is 13.2 Å². The molecule has 0 spiro atoms. The van der Waals surface area contributed by atoms with E-state index in [9.17, 15) is 8.78 Å². The molecule has 6 heteroatoms. The third kappa shape index (κ3) is 5.50. The van der Waals surface area contributed by atoms with Gasteiger partial charge in [-0.05, 0) is 25.0 Å². The number of hydrogen-bond acceptors (Lipinski definition) is 4. The predicted octanol–water partition coefficient (Wildman–Crippen LogP) is 3.30. The fourth-order valence-electron chi connectivity index (χ4n) is 1.37. The summed E-state index contributed by atoms with van der Waals surface area (Å²) in [6.07, 6.45) is -3.60. The third-order valence-corrected chi connectivity index (χ3v) is 2.82. The van der Waals surface area contributed by atoms with E-state index in [2.05, 4.69) is 9.47 Å². The van der Waals surface area contributed by atoms with Crippen molar-refractivity contribution in [1.29, 1.82) is 0 Å². The molecule has 0 saturated carbocycles. The van der Waals surface area contributed by atoms with Gasteiger partial charge in [0.15, 0.2) is 5.79 Å². The van der Waals surface area contributed by atoms with E-state index < -0.39 is 12.1 Å². The Labute approximate surface area is 117 Å². The summed E-state index contributed by atoms with van der Waals surface area (Å²) in [6.45, 7) is 3.50. The van der Waals surface area contributed by atoms with Gasteiger partial charge in [-0.25, -0.2) is 0 Å². The minimum atomic E-state index is -3.60. The van der Waals surface area contributed by atoms with E-state index >= 15 is 0 Å². The van der Waals surface area contributed by atoms with Gasteiger partial charge >= 0.3 is 6.29 Å². The predicted molar refractivity (Wildman–Crippen MR) is 69.1 cm³/mol. The van der Waals surface area contributed by atoms with Crippen molar-refractivity contribution < 1.29 is 27.7 Å². The van der Waals surface area contributed by atoms with Crippen LogP contribution in [0, 0.1) is 0 Å². The summed E-state index contributed by atoms with van der Waals surface area (Å²) >= 11 is 0. The summed E-state index contributed by atoms with van der Waals surface area (Å²) in [5, 5.41) is 0. The molecule has 114 valence electrons. The Morgan fingerprint density at radius 2 is 1.40 bits per heavy atom. The summed E-state index contributed by atoms with van der Waals surface area (Å²) in [5.74, 6) is -0.746. The maximum absolute atomic E-state index is 12.9. The van der Waals surface area contributed by atoms with Gasteiger partial charge in [0.1, 0.15) is 0 Å². The lowest BCUT2D eigenvalue weighted by molar-refractivity contribution is -0.387. The van der Waals surface area contributed by atoms with Crippen LogP contribution in [0.1, 0.15) is 25.0 Å². The fraction of sp³-hybridized carbons (Fsp3) is 0.571. The molecule has 4 nitrogen and oxygen atoms in total. The van der Waals surface area contributed by atoms with Crippen molar-refractivity contribution in [2.75, 3.05) is 14.2 Å². The molecule has 20 heavy (non-hydrogen) atoms. The molecule has 0 heterocycles. The van der Waals surface area contributed by atoms with Crippen molar-refractivity contribution >= 4 is 0 Å². The van der Waals surface area contributed by atoms with Crippen molar-refractivity contribution in [2.24, 2.45) is 0 Å². The van der Waals surface area contributed by atoms with Crippen molar-refractivity contribution in [3.8, 4) is 0 Å². The molecular weight excluding hydrogens is 270 g/mol. The van der Waals surface area contributed by atoms with Gasteiger partial charge in [0.2, 0.25) is 0 Å². The first kappa shape index (κ1) is 17.0. The highest BCUT2D eigenvalue weighted by atomic mass is 19.3. The number of rotatable bonds is 8. The van der Waals surface area contributed by atoms with E-state index in [0.29, 0.717) is 5.56 Å². The minimum absolute atomic E-state index is 0.235. The Kier molecular flexibility index (Phi) is 6.01. The highest BCUT2D eigenvalue weighted by Crippen LogP contribution is 2.21. The molecule has 0 radical (unpaired) electrons. The van der Waals surface area contributed by atoms with Crippen molar-refractivity contribution in [1.82, 2.24) is 0 Å². The molecule has 0 aliphatic carbocycles. The van der Waals surface area contributed by atoms with Crippen LogP contribution < -0.4 is 0 Å². The van der Waals surface area contributed by atoms with Gasteiger partial charge in [0.25, 0.3) is 0 Å². The van der Waals surface area contributed by atoms with Gasteiger partial charge in [-0.1, -0.05) is 24.3 Å². The molecule has 0 aliphatic heterocycles. The van der Waals surface area contributed by atoms with Crippen LogP contribution in [0.15, 0.2) is 24.3 Å². The van der Waals surface area contributed by atoms with Crippen molar-refractivity contribution in [2.45, 2.75) is 39.1 Å². The van der Waals surface area contributed by atoms with Crippen LogP contribution in [0.4, 0.5) is 8.78 Å². The SMILES string of the molecule is COC(C)(C)OCc1ccccc1COC(F)(F)OC. The normalized spacial score (nSPS) is 12.7. The highest BCUT2D eigenvalue weighted by molar-refractivity contribution is 5.25. The lowest BCUT2D eigenvalue weighted by Gasteiger charge is -2.24. The number of halogens is 2. The Morgan fingerprint density at radius 1 is 0.900 bits per heavy atom. The summed E-state index contributed by atoms with van der Waals surface area (Å²) in [4.78, 5) is 0. The summed E-state index contributed by atoms with van der Waals surface area (Å²) in [5.41, 5.74) is 1.36. The van der Waals surface area contributed by atoms with Crippen LogP contribution in [0.5, 0.6) is 0 Å². The first-order chi connectivity index (χ1) is 9.29. The van der Waals surface area contributed by atoms with Crippen LogP contribution in [0.25, 0.3) is 0 Å². The lowest BCUT2D eigenvalue weighted by atomic mass is 10.1. The number of methoxy groups -OCH3 is 2. The zero-order chi connectivity index (χ0) is 15.2. The second kappa shape index (κ2) is 7.08. The van der Waals surface area contributed by atoms with Gasteiger partial charge in [-0.15, -0.1) is 8.78 Å². The third-order valence-electron chi connectivity index (χ3n) is 2.82. The average Bonchev–Trinajstić information content (AvgIpc) is 2.44. The number of alkyl halides is 2. The number of benzene rings is 1. The van der Waals surface area contributed by atoms with Gasteiger partial charge in [0.05, 0.1) is 13.2 Å². The molecule has 0 unspecified atom stereocenters. The second-order valence-corrected chi connectivity index (χ2v) is 4.62. The topological polar surface area (TPSA) is 36.9 Å². The number of ether oxygens (including phenoxy) is 4. The summed E-state index contributed by atoms with van der Waals surface area (Å²) in [7, 11) is 2.42. The van der Waals surface area contributed by atoms with Gasteiger partial charge in [-0.2, -0.15) is 0 Å². The van der Waals surface area contributed by atoms with E-state index in [4.69, 9.17) is 9.47 Å². The second-order valence-electron chi connectivity index (χ2n) is 4.62. The Morgan fingerprint density at radius 3 is 1.85 bits per heavy atom. The first-order valence-corrected chi connectivity index (χ1v) is 6.12. The molecule has 0 bridgehead atoms. The summed E-state index contributed by atoms with van der Waals surface area (Å²) in [6, 6.07) is 7.03. The molecule has 0 atom stereocenters. The smallest absolute Gasteiger partial charge is 0.354 e. The molecular formula is C14H20F2O4. The lowest BCUT2D eigenvalue weighted by Crippen LogP contribution is -2.27. The highest BCUT2D eigenvalue weighted by Gasteiger charge is 2.30. The fourth-order valence-corrected chi connectivity index (χ4v) is 1.37. The molecule has 0 aromatic heterocycles. The largest absolute Gasteiger partial charge is 0.485 e. The molecule has 0 N–H and O–H groups in total. The molecule has 0 amide bonds. The Balaban J connectivity index is 2.69. The van der Waals surface area contributed by atoms with Crippen LogP contribution in [-0.4, -0.2) is 26.3 Å². The van der Waals surface area contributed by atoms with Gasteiger partial charge < -0.3 is 9.47 Å². The Bertz CT molecular complexity index is 382. The van der Waals surface area contributed by atoms with Crippen LogP contribution in [0.2, 0.25) is 0 Å². The maximum atomic E-state index is 12.9. The molecule has 0 saturated heterocycles. The van der Waals surface area contributed by atoms with E-state index in [1.165, 1.54) is 7.11 Å². The van der Waals surface area contributed by atoms with E-state index in [1.54, 1.807) is 38.1 Å².